The van der Waals surface area contributed by atoms with E-state index in [1.807, 2.05) is 30.3 Å². The maximum Gasteiger partial charge on any atom is 0.378 e. The van der Waals surface area contributed by atoms with E-state index in [1.165, 1.54) is 0 Å². The molecule has 0 radical (unpaired) electrons. The van der Waals surface area contributed by atoms with Crippen molar-refractivity contribution in [3.63, 3.8) is 0 Å². The van der Waals surface area contributed by atoms with Crippen LogP contribution >= 0.6 is 7.60 Å². The Hall–Kier alpha value is -1.16. The molecule has 0 bridgehead atoms. The molecule has 0 saturated carbocycles. The fraction of sp³-hybridized carbons (Fsp3) is 0.462. The molecule has 1 unspecified atom stereocenters. The molecular weight excluding hydrogens is 265 g/mol. The maximum absolute atomic E-state index is 12.5. The van der Waals surface area contributed by atoms with Crippen LogP contribution in [0.1, 0.15) is 31.9 Å². The van der Waals surface area contributed by atoms with Crippen LogP contribution in [0.5, 0.6) is 0 Å². The van der Waals surface area contributed by atoms with Crippen LogP contribution in [-0.2, 0) is 18.5 Å². The van der Waals surface area contributed by atoms with Crippen LogP contribution < -0.4 is 0 Å². The minimum absolute atomic E-state index is 0.217. The topological polar surface area (TPSA) is 57.1 Å². The number of benzene rings is 1. The quantitative estimate of drug-likeness (QED) is 0.746. The number of oxime groups is 1. The van der Waals surface area contributed by atoms with E-state index in [-0.39, 0.29) is 6.10 Å². The van der Waals surface area contributed by atoms with Gasteiger partial charge in [0.15, 0.2) is 11.6 Å². The van der Waals surface area contributed by atoms with Crippen molar-refractivity contribution in [1.82, 2.24) is 0 Å². The van der Waals surface area contributed by atoms with Crippen molar-refractivity contribution in [1.29, 1.82) is 0 Å². The highest BCUT2D eigenvalue weighted by Crippen LogP contribution is 2.54. The first-order valence-electron chi connectivity index (χ1n) is 6.37. The molecule has 19 heavy (non-hydrogen) atoms. The molecule has 2 rings (SSSR count). The summed E-state index contributed by atoms with van der Waals surface area (Å²) in [5, 5.41) is 3.91. The van der Waals surface area contributed by atoms with Crippen molar-refractivity contribution in [2.45, 2.75) is 26.4 Å². The average Bonchev–Trinajstić information content (AvgIpc) is 2.90. The summed E-state index contributed by atoms with van der Waals surface area (Å²) in [5.41, 5.74) is 1.37. The minimum Gasteiger partial charge on any atom is -0.387 e. The molecule has 0 amide bonds. The average molecular weight is 283 g/mol. The van der Waals surface area contributed by atoms with Crippen LogP contribution in [0, 0.1) is 0 Å². The summed E-state index contributed by atoms with van der Waals surface area (Å²) < 4.78 is 23.1. The molecule has 0 aliphatic carbocycles. The maximum atomic E-state index is 12.5. The van der Waals surface area contributed by atoms with Gasteiger partial charge in [-0.25, -0.2) is 0 Å². The second-order valence-corrected chi connectivity index (χ2v) is 6.08. The van der Waals surface area contributed by atoms with E-state index < -0.39 is 7.60 Å². The predicted octanol–water partition coefficient (Wildman–Crippen LogP) is 3.73. The Morgan fingerprint density at radius 2 is 1.89 bits per heavy atom. The molecule has 0 N–H and O–H groups in total. The summed E-state index contributed by atoms with van der Waals surface area (Å²) >= 11 is 0. The van der Waals surface area contributed by atoms with E-state index in [4.69, 9.17) is 13.9 Å². The fourth-order valence-corrected chi connectivity index (χ4v) is 3.49. The van der Waals surface area contributed by atoms with Gasteiger partial charge in [0.2, 0.25) is 0 Å². The Labute approximate surface area is 113 Å². The highest BCUT2D eigenvalue weighted by atomic mass is 31.2. The van der Waals surface area contributed by atoms with E-state index in [0.717, 1.165) is 5.56 Å². The van der Waals surface area contributed by atoms with Gasteiger partial charge in [-0.2, -0.15) is 0 Å². The number of hydrogen-bond acceptors (Lipinski definition) is 5. The summed E-state index contributed by atoms with van der Waals surface area (Å²) in [5.74, 6) is 0. The first-order valence-corrected chi connectivity index (χ1v) is 7.91. The van der Waals surface area contributed by atoms with Gasteiger partial charge in [0.25, 0.3) is 0 Å². The van der Waals surface area contributed by atoms with Gasteiger partial charge in [0.1, 0.15) is 0 Å². The first-order chi connectivity index (χ1) is 9.19. The van der Waals surface area contributed by atoms with Crippen molar-refractivity contribution in [2.75, 3.05) is 13.2 Å². The van der Waals surface area contributed by atoms with Crippen molar-refractivity contribution in [2.24, 2.45) is 5.16 Å². The molecule has 1 atom stereocenters. The lowest BCUT2D eigenvalue weighted by atomic mass is 10.1. The summed E-state index contributed by atoms with van der Waals surface area (Å²) in [6, 6.07) is 9.71. The zero-order valence-corrected chi connectivity index (χ0v) is 12.0. The Morgan fingerprint density at radius 3 is 2.47 bits per heavy atom. The van der Waals surface area contributed by atoms with Crippen molar-refractivity contribution < 1.29 is 18.5 Å². The van der Waals surface area contributed by atoms with Crippen LogP contribution in [0.25, 0.3) is 0 Å². The second-order valence-electron chi connectivity index (χ2n) is 4.05. The molecule has 1 aromatic rings. The molecule has 1 heterocycles. The number of hydrogen-bond donors (Lipinski definition) is 0. The smallest absolute Gasteiger partial charge is 0.378 e. The van der Waals surface area contributed by atoms with E-state index in [1.54, 1.807) is 13.8 Å². The third-order valence-corrected chi connectivity index (χ3v) is 4.83. The fourth-order valence-electron chi connectivity index (χ4n) is 1.90. The van der Waals surface area contributed by atoms with E-state index in [0.29, 0.717) is 25.1 Å². The van der Waals surface area contributed by atoms with Crippen LogP contribution in [0.3, 0.4) is 0 Å². The van der Waals surface area contributed by atoms with Crippen molar-refractivity contribution >= 4 is 13.0 Å². The Balaban J connectivity index is 2.10. The van der Waals surface area contributed by atoms with Gasteiger partial charge in [-0.1, -0.05) is 35.5 Å². The predicted molar refractivity (Wildman–Crippen MR) is 73.2 cm³/mol. The second kappa shape index (κ2) is 6.33. The molecule has 5 nitrogen and oxygen atoms in total. The third-order valence-electron chi connectivity index (χ3n) is 2.74. The molecule has 6 heteroatoms. The molecule has 0 saturated heterocycles. The normalized spacial score (nSPS) is 19.1. The third kappa shape index (κ3) is 3.24. The molecule has 1 aromatic carbocycles. The van der Waals surface area contributed by atoms with Gasteiger partial charge < -0.3 is 13.9 Å². The van der Waals surface area contributed by atoms with Gasteiger partial charge in [0, 0.05) is 6.42 Å². The molecule has 0 spiro atoms. The molecular formula is C13H18NO4P. The van der Waals surface area contributed by atoms with Crippen LogP contribution in [0.4, 0.5) is 0 Å². The van der Waals surface area contributed by atoms with Crippen LogP contribution in [0.2, 0.25) is 0 Å². The lowest BCUT2D eigenvalue weighted by molar-refractivity contribution is 0.0857. The highest BCUT2D eigenvalue weighted by molar-refractivity contribution is 7.72. The zero-order chi connectivity index (χ0) is 13.7. The SMILES string of the molecule is CCOP(=O)(OCC)C1=NOC(c2ccccc2)C1. The summed E-state index contributed by atoms with van der Waals surface area (Å²) in [7, 11) is -3.30. The van der Waals surface area contributed by atoms with Gasteiger partial charge in [-0.15, -0.1) is 0 Å². The van der Waals surface area contributed by atoms with Crippen molar-refractivity contribution in [3.8, 4) is 0 Å². The van der Waals surface area contributed by atoms with Crippen LogP contribution in [-0.4, -0.2) is 18.7 Å². The Morgan fingerprint density at radius 1 is 1.26 bits per heavy atom. The van der Waals surface area contributed by atoms with E-state index >= 15 is 0 Å². The summed E-state index contributed by atoms with van der Waals surface area (Å²) in [4.78, 5) is 5.35. The molecule has 0 aromatic heterocycles. The molecule has 1 aliphatic heterocycles. The largest absolute Gasteiger partial charge is 0.387 e. The lowest BCUT2D eigenvalue weighted by Gasteiger charge is -2.15. The standard InChI is InChI=1S/C13H18NO4P/c1-3-16-19(15,17-4-2)13-10-12(18-14-13)11-8-6-5-7-9-11/h5-9,12H,3-4,10H2,1-2H3. The van der Waals surface area contributed by atoms with Crippen molar-refractivity contribution in [3.05, 3.63) is 35.9 Å². The van der Waals surface area contributed by atoms with E-state index in [2.05, 4.69) is 5.16 Å². The Bertz CT molecular complexity index is 479. The van der Waals surface area contributed by atoms with Gasteiger partial charge >= 0.3 is 7.60 Å². The van der Waals surface area contributed by atoms with Crippen LogP contribution in [0.15, 0.2) is 35.5 Å². The molecule has 1 aliphatic rings. The zero-order valence-electron chi connectivity index (χ0n) is 11.1. The molecule has 0 fully saturated rings. The lowest BCUT2D eigenvalue weighted by Crippen LogP contribution is -2.06. The highest BCUT2D eigenvalue weighted by Gasteiger charge is 2.38. The van der Waals surface area contributed by atoms with Gasteiger partial charge in [0.05, 0.1) is 13.2 Å². The summed E-state index contributed by atoms with van der Waals surface area (Å²) in [6.07, 6.45) is 0.215. The monoisotopic (exact) mass is 283 g/mol. The van der Waals surface area contributed by atoms with Gasteiger partial charge in [-0.3, -0.25) is 4.57 Å². The van der Waals surface area contributed by atoms with Gasteiger partial charge in [-0.05, 0) is 19.4 Å². The number of nitrogens with zero attached hydrogens (tertiary/aromatic N) is 1. The molecule has 104 valence electrons. The summed E-state index contributed by atoms with van der Waals surface area (Å²) in [6.45, 7) is 4.17. The number of rotatable bonds is 6. The Kier molecular flexibility index (Phi) is 4.75. The first kappa shape index (κ1) is 14.3. The van der Waals surface area contributed by atoms with E-state index in [9.17, 15) is 4.57 Å². The minimum atomic E-state index is -3.30.